The van der Waals surface area contributed by atoms with Gasteiger partial charge in [0.25, 0.3) is 5.91 Å². The van der Waals surface area contributed by atoms with E-state index in [1.165, 1.54) is 0 Å². The summed E-state index contributed by atoms with van der Waals surface area (Å²) in [4.78, 5) is 15.2. The number of carbonyl (C=O) groups excluding carboxylic acids is 1. The minimum atomic E-state index is -0.615. The molecule has 1 amide bonds. The molecule has 8 heteroatoms. The first kappa shape index (κ1) is 20.5. The van der Waals surface area contributed by atoms with E-state index in [1.807, 2.05) is 36.4 Å². The van der Waals surface area contributed by atoms with Gasteiger partial charge in [-0.05, 0) is 81.0 Å². The van der Waals surface area contributed by atoms with Gasteiger partial charge in [0.15, 0.2) is 0 Å². The Balaban J connectivity index is 1.93. The lowest BCUT2D eigenvalue weighted by Crippen LogP contribution is -2.43. The molecule has 0 saturated carbocycles. The fourth-order valence-corrected chi connectivity index (χ4v) is 5.07. The number of nitrogens with one attached hydrogen (secondary N) is 1. The number of methoxy groups -OCH3 is 1. The van der Waals surface area contributed by atoms with Crippen molar-refractivity contribution in [1.82, 2.24) is 0 Å². The molecule has 0 fully saturated rings. The second-order valence-corrected chi connectivity index (χ2v) is 9.45. The summed E-state index contributed by atoms with van der Waals surface area (Å²) in [5.74, 6) is 0.550. The second-order valence-electron chi connectivity index (χ2n) is 6.44. The molecule has 3 aromatic carbocycles. The number of aromatic hydroxyl groups is 1. The number of amides is 1. The van der Waals surface area contributed by atoms with Gasteiger partial charge < -0.3 is 15.2 Å². The highest BCUT2D eigenvalue weighted by atomic mass is 127. The molecule has 0 saturated heterocycles. The smallest absolute Gasteiger partial charge is 0.262 e. The van der Waals surface area contributed by atoms with E-state index in [1.54, 1.807) is 30.2 Å². The molecule has 5 nitrogen and oxygen atoms in total. The van der Waals surface area contributed by atoms with Crippen LogP contribution in [0.3, 0.4) is 0 Å². The van der Waals surface area contributed by atoms with Crippen molar-refractivity contribution < 1.29 is 14.6 Å². The summed E-state index contributed by atoms with van der Waals surface area (Å²) in [6, 6.07) is 16.5. The molecule has 148 valence electrons. The van der Waals surface area contributed by atoms with Gasteiger partial charge in [-0.2, -0.15) is 0 Å². The number of nitrogens with zero attached hydrogens (tertiary/aromatic N) is 1. The minimum absolute atomic E-state index is 0.0698. The van der Waals surface area contributed by atoms with E-state index < -0.39 is 6.17 Å². The molecule has 0 bridgehead atoms. The molecular weight excluding hydrogens is 615 g/mol. The Morgan fingerprint density at radius 1 is 1.14 bits per heavy atom. The molecule has 4 rings (SSSR count). The maximum Gasteiger partial charge on any atom is 0.262 e. The lowest BCUT2D eigenvalue weighted by molar-refractivity contribution is 0.0974. The van der Waals surface area contributed by atoms with E-state index in [2.05, 4.69) is 59.8 Å². The fraction of sp³-hybridized carbons (Fsp3) is 0.0952. The third kappa shape index (κ3) is 3.85. The number of halogens is 3. The van der Waals surface area contributed by atoms with Crippen LogP contribution in [0.25, 0.3) is 0 Å². The first-order valence-corrected chi connectivity index (χ1v) is 11.3. The van der Waals surface area contributed by atoms with Crippen molar-refractivity contribution in [3.8, 4) is 11.5 Å². The average molecular weight is 630 g/mol. The molecule has 0 unspecified atom stereocenters. The number of phenols is 1. The summed E-state index contributed by atoms with van der Waals surface area (Å²) in [5.41, 5.74) is 2.51. The van der Waals surface area contributed by atoms with Gasteiger partial charge in [-0.25, -0.2) is 0 Å². The van der Waals surface area contributed by atoms with Gasteiger partial charge in [0.2, 0.25) is 0 Å². The van der Waals surface area contributed by atoms with Crippen LogP contribution in [0.15, 0.2) is 63.5 Å². The van der Waals surface area contributed by atoms with Crippen LogP contribution >= 0.6 is 54.5 Å². The van der Waals surface area contributed by atoms with Crippen LogP contribution in [0.1, 0.15) is 22.1 Å². The van der Waals surface area contributed by atoms with E-state index in [-0.39, 0.29) is 11.7 Å². The summed E-state index contributed by atoms with van der Waals surface area (Å²) in [7, 11) is 1.59. The highest BCUT2D eigenvalue weighted by Crippen LogP contribution is 2.43. The van der Waals surface area contributed by atoms with E-state index >= 15 is 0 Å². The standard InChI is InChI=1S/C21H15Br2IN2O3/c1-29-14-4-2-3-13(10-14)26-20(16-7-11(22)8-17(23)19(16)27)25-18-6-5-12(24)9-15(18)21(26)28/h2-10,20,25,27H,1H3/t20-/m1/s1. The van der Waals surface area contributed by atoms with Crippen molar-refractivity contribution in [2.45, 2.75) is 6.17 Å². The monoisotopic (exact) mass is 628 g/mol. The number of ether oxygens (including phenoxy) is 1. The van der Waals surface area contributed by atoms with Gasteiger partial charge in [-0.3, -0.25) is 9.69 Å². The first-order valence-electron chi connectivity index (χ1n) is 8.60. The lowest BCUT2D eigenvalue weighted by atomic mass is 10.0. The van der Waals surface area contributed by atoms with Gasteiger partial charge in [0, 0.05) is 25.4 Å². The van der Waals surface area contributed by atoms with Crippen LogP contribution in [0, 0.1) is 3.57 Å². The van der Waals surface area contributed by atoms with E-state index in [4.69, 9.17) is 4.74 Å². The van der Waals surface area contributed by atoms with E-state index in [0.29, 0.717) is 27.0 Å². The van der Waals surface area contributed by atoms with Crippen molar-refractivity contribution in [3.63, 3.8) is 0 Å². The third-order valence-electron chi connectivity index (χ3n) is 4.66. The summed E-state index contributed by atoms with van der Waals surface area (Å²) in [6.07, 6.45) is -0.615. The Labute approximate surface area is 198 Å². The quantitative estimate of drug-likeness (QED) is 0.334. The summed E-state index contributed by atoms with van der Waals surface area (Å²) >= 11 is 9.05. The molecule has 0 aliphatic carbocycles. The molecular formula is C21H15Br2IN2O3. The zero-order chi connectivity index (χ0) is 20.7. The number of hydrogen-bond acceptors (Lipinski definition) is 4. The second kappa shape index (κ2) is 8.16. The van der Waals surface area contributed by atoms with Crippen molar-refractivity contribution in [3.05, 3.63) is 78.2 Å². The topological polar surface area (TPSA) is 61.8 Å². The molecule has 1 aliphatic rings. The van der Waals surface area contributed by atoms with Crippen LogP contribution in [0.4, 0.5) is 11.4 Å². The summed E-state index contributed by atoms with van der Waals surface area (Å²) < 4.78 is 7.63. The number of rotatable bonds is 3. The molecule has 2 N–H and O–H groups in total. The number of phenolic OH excluding ortho intramolecular Hbond substituents is 1. The van der Waals surface area contributed by atoms with E-state index in [9.17, 15) is 9.90 Å². The maximum atomic E-state index is 13.6. The highest BCUT2D eigenvalue weighted by molar-refractivity contribution is 14.1. The van der Waals surface area contributed by atoms with Gasteiger partial charge in [0.05, 0.1) is 22.8 Å². The number of hydrogen-bond donors (Lipinski definition) is 2. The minimum Gasteiger partial charge on any atom is -0.506 e. The molecule has 29 heavy (non-hydrogen) atoms. The average Bonchev–Trinajstić information content (AvgIpc) is 2.71. The number of anilines is 2. The van der Waals surface area contributed by atoms with Crippen molar-refractivity contribution in [1.29, 1.82) is 0 Å². The highest BCUT2D eigenvalue weighted by Gasteiger charge is 2.36. The Morgan fingerprint density at radius 3 is 2.69 bits per heavy atom. The summed E-state index contributed by atoms with van der Waals surface area (Å²) in [6.45, 7) is 0. The molecule has 0 radical (unpaired) electrons. The summed E-state index contributed by atoms with van der Waals surface area (Å²) in [5, 5.41) is 14.2. The Kier molecular flexibility index (Phi) is 5.76. The maximum absolute atomic E-state index is 13.6. The molecule has 1 aliphatic heterocycles. The molecule has 0 aromatic heterocycles. The Bertz CT molecular complexity index is 1120. The van der Waals surface area contributed by atoms with Crippen molar-refractivity contribution >= 4 is 71.7 Å². The number of benzene rings is 3. The zero-order valence-electron chi connectivity index (χ0n) is 15.1. The zero-order valence-corrected chi connectivity index (χ0v) is 20.4. The number of fused-ring (bicyclic) bond motifs is 1. The Morgan fingerprint density at radius 2 is 1.93 bits per heavy atom. The van der Waals surface area contributed by atoms with E-state index in [0.717, 1.165) is 13.7 Å². The van der Waals surface area contributed by atoms with Crippen LogP contribution in [-0.4, -0.2) is 18.1 Å². The Hall–Kier alpha value is -1.78. The van der Waals surface area contributed by atoms with Crippen LogP contribution < -0.4 is 15.0 Å². The normalized spacial score (nSPS) is 15.7. The van der Waals surface area contributed by atoms with Crippen LogP contribution in [-0.2, 0) is 0 Å². The fourth-order valence-electron chi connectivity index (χ4n) is 3.32. The third-order valence-corrected chi connectivity index (χ3v) is 6.40. The van der Waals surface area contributed by atoms with Crippen molar-refractivity contribution in [2.75, 3.05) is 17.3 Å². The van der Waals surface area contributed by atoms with Gasteiger partial charge >= 0.3 is 0 Å². The molecule has 1 heterocycles. The van der Waals surface area contributed by atoms with Crippen LogP contribution in [0.2, 0.25) is 0 Å². The predicted molar refractivity (Wildman–Crippen MR) is 129 cm³/mol. The van der Waals surface area contributed by atoms with Gasteiger partial charge in [0.1, 0.15) is 17.7 Å². The number of carbonyl (C=O) groups is 1. The van der Waals surface area contributed by atoms with Crippen LogP contribution in [0.5, 0.6) is 11.5 Å². The SMILES string of the molecule is COc1cccc(N2C(=O)c3cc(I)ccc3N[C@H]2c2cc(Br)cc(Br)c2O)c1. The lowest BCUT2D eigenvalue weighted by Gasteiger charge is -2.38. The first-order chi connectivity index (χ1) is 13.9. The van der Waals surface area contributed by atoms with Gasteiger partial charge in [-0.15, -0.1) is 0 Å². The van der Waals surface area contributed by atoms with Gasteiger partial charge in [-0.1, -0.05) is 22.0 Å². The molecule has 1 atom stereocenters. The largest absolute Gasteiger partial charge is 0.506 e. The predicted octanol–water partition coefficient (Wildman–Crippen LogP) is 6.30. The molecule has 3 aromatic rings. The molecule has 0 spiro atoms. The van der Waals surface area contributed by atoms with Crippen molar-refractivity contribution in [2.24, 2.45) is 0 Å².